The van der Waals surface area contributed by atoms with Crippen molar-refractivity contribution >= 4 is 23.3 Å². The number of ether oxygens (including phenoxy) is 1. The molecule has 6 nitrogen and oxygen atoms in total. The number of amides is 1. The first-order valence-electron chi connectivity index (χ1n) is 6.60. The highest BCUT2D eigenvalue weighted by Crippen LogP contribution is 2.21. The summed E-state index contributed by atoms with van der Waals surface area (Å²) in [4.78, 5) is 23.6. The molecule has 1 atom stereocenters. The van der Waals surface area contributed by atoms with Crippen LogP contribution in [-0.4, -0.2) is 31.1 Å². The van der Waals surface area contributed by atoms with Crippen LogP contribution in [0.5, 0.6) is 0 Å². The van der Waals surface area contributed by atoms with Gasteiger partial charge in [0.25, 0.3) is 0 Å². The van der Waals surface area contributed by atoms with Gasteiger partial charge in [0.15, 0.2) is 0 Å². The fourth-order valence-electron chi connectivity index (χ4n) is 1.69. The first-order chi connectivity index (χ1) is 9.49. The molecule has 0 saturated carbocycles. The SMILES string of the molecule is CCNC(=O)C(C)Nc1ccc(N)cc1C(=O)OCC. The highest BCUT2D eigenvalue weighted by atomic mass is 16.5. The third-order valence-electron chi connectivity index (χ3n) is 2.66. The average molecular weight is 279 g/mol. The van der Waals surface area contributed by atoms with Crippen LogP contribution >= 0.6 is 0 Å². The summed E-state index contributed by atoms with van der Waals surface area (Å²) in [6.07, 6.45) is 0. The minimum absolute atomic E-state index is 0.140. The second-order valence-corrected chi connectivity index (χ2v) is 4.29. The van der Waals surface area contributed by atoms with Crippen molar-refractivity contribution in [2.45, 2.75) is 26.8 Å². The predicted molar refractivity (Wildman–Crippen MR) is 78.6 cm³/mol. The second-order valence-electron chi connectivity index (χ2n) is 4.29. The zero-order chi connectivity index (χ0) is 15.1. The molecule has 0 aliphatic carbocycles. The van der Waals surface area contributed by atoms with Gasteiger partial charge in [0, 0.05) is 17.9 Å². The van der Waals surface area contributed by atoms with Gasteiger partial charge in [0.05, 0.1) is 12.2 Å². The number of esters is 1. The first-order valence-corrected chi connectivity index (χ1v) is 6.60. The molecule has 0 aliphatic rings. The van der Waals surface area contributed by atoms with Gasteiger partial charge < -0.3 is 21.1 Å². The van der Waals surface area contributed by atoms with E-state index in [1.54, 1.807) is 26.0 Å². The molecule has 1 aromatic rings. The van der Waals surface area contributed by atoms with Gasteiger partial charge in [-0.1, -0.05) is 0 Å². The topological polar surface area (TPSA) is 93.5 Å². The van der Waals surface area contributed by atoms with Gasteiger partial charge in [-0.25, -0.2) is 4.79 Å². The molecule has 4 N–H and O–H groups in total. The Morgan fingerprint density at radius 3 is 2.65 bits per heavy atom. The van der Waals surface area contributed by atoms with Crippen LogP contribution in [-0.2, 0) is 9.53 Å². The summed E-state index contributed by atoms with van der Waals surface area (Å²) < 4.78 is 4.98. The van der Waals surface area contributed by atoms with E-state index in [0.29, 0.717) is 23.5 Å². The van der Waals surface area contributed by atoms with E-state index < -0.39 is 12.0 Å². The van der Waals surface area contributed by atoms with E-state index >= 15 is 0 Å². The van der Waals surface area contributed by atoms with Crippen LogP contribution < -0.4 is 16.4 Å². The number of benzene rings is 1. The Hall–Kier alpha value is -2.24. The lowest BCUT2D eigenvalue weighted by Crippen LogP contribution is -2.37. The minimum atomic E-state index is -0.467. The maximum Gasteiger partial charge on any atom is 0.340 e. The van der Waals surface area contributed by atoms with E-state index in [2.05, 4.69) is 10.6 Å². The van der Waals surface area contributed by atoms with Gasteiger partial charge in [-0.2, -0.15) is 0 Å². The third-order valence-corrected chi connectivity index (χ3v) is 2.66. The van der Waals surface area contributed by atoms with Gasteiger partial charge in [0.1, 0.15) is 6.04 Å². The Morgan fingerprint density at radius 2 is 2.05 bits per heavy atom. The summed E-state index contributed by atoms with van der Waals surface area (Å²) in [6, 6.07) is 4.39. The minimum Gasteiger partial charge on any atom is -0.462 e. The van der Waals surface area contributed by atoms with Crippen molar-refractivity contribution in [2.75, 3.05) is 24.2 Å². The Balaban J connectivity index is 2.94. The first kappa shape index (κ1) is 15.8. The number of hydrogen-bond donors (Lipinski definition) is 3. The largest absolute Gasteiger partial charge is 0.462 e. The van der Waals surface area contributed by atoms with Crippen molar-refractivity contribution < 1.29 is 14.3 Å². The number of carbonyl (C=O) groups excluding carboxylic acids is 2. The lowest BCUT2D eigenvalue weighted by Gasteiger charge is -2.17. The number of hydrogen-bond acceptors (Lipinski definition) is 5. The molecule has 0 aliphatic heterocycles. The van der Waals surface area contributed by atoms with Crippen molar-refractivity contribution in [3.8, 4) is 0 Å². The summed E-state index contributed by atoms with van der Waals surface area (Å²) in [5, 5.41) is 5.70. The number of anilines is 2. The lowest BCUT2D eigenvalue weighted by molar-refractivity contribution is -0.121. The highest BCUT2D eigenvalue weighted by Gasteiger charge is 2.17. The van der Waals surface area contributed by atoms with Crippen LogP contribution in [0.3, 0.4) is 0 Å². The average Bonchev–Trinajstić information content (AvgIpc) is 2.41. The van der Waals surface area contributed by atoms with Crippen LogP contribution in [0.2, 0.25) is 0 Å². The number of nitrogen functional groups attached to an aromatic ring is 1. The second kappa shape index (κ2) is 7.37. The van der Waals surface area contributed by atoms with Crippen molar-refractivity contribution in [2.24, 2.45) is 0 Å². The molecular formula is C14H21N3O3. The standard InChI is InChI=1S/C14H21N3O3/c1-4-16-13(18)9(3)17-12-7-6-10(15)8-11(12)14(19)20-5-2/h6-9,17H,4-5,15H2,1-3H3,(H,16,18). The van der Waals surface area contributed by atoms with Gasteiger partial charge in [-0.15, -0.1) is 0 Å². The normalized spacial score (nSPS) is 11.6. The van der Waals surface area contributed by atoms with E-state index in [1.807, 2.05) is 6.92 Å². The lowest BCUT2D eigenvalue weighted by atomic mass is 10.1. The van der Waals surface area contributed by atoms with Crippen LogP contribution in [0.25, 0.3) is 0 Å². The molecule has 0 fully saturated rings. The fourth-order valence-corrected chi connectivity index (χ4v) is 1.69. The van der Waals surface area contributed by atoms with Gasteiger partial charge in [-0.05, 0) is 39.0 Å². The Bertz CT molecular complexity index is 489. The van der Waals surface area contributed by atoms with Crippen molar-refractivity contribution in [1.82, 2.24) is 5.32 Å². The van der Waals surface area contributed by atoms with Gasteiger partial charge >= 0.3 is 5.97 Å². The van der Waals surface area contributed by atoms with E-state index in [-0.39, 0.29) is 12.5 Å². The number of rotatable bonds is 6. The molecule has 1 unspecified atom stereocenters. The maximum atomic E-state index is 11.9. The number of nitrogens with two attached hydrogens (primary N) is 1. The summed E-state index contributed by atoms with van der Waals surface area (Å²) >= 11 is 0. The van der Waals surface area contributed by atoms with Gasteiger partial charge in [-0.3, -0.25) is 4.79 Å². The Kier molecular flexibility index (Phi) is 5.83. The third kappa shape index (κ3) is 4.15. The predicted octanol–water partition coefficient (Wildman–Crippen LogP) is 1.38. The van der Waals surface area contributed by atoms with Crippen molar-refractivity contribution in [1.29, 1.82) is 0 Å². The van der Waals surface area contributed by atoms with Crippen molar-refractivity contribution in [3.05, 3.63) is 23.8 Å². The number of nitrogens with one attached hydrogen (secondary N) is 2. The maximum absolute atomic E-state index is 11.9. The molecule has 6 heteroatoms. The fraction of sp³-hybridized carbons (Fsp3) is 0.429. The molecule has 110 valence electrons. The van der Waals surface area contributed by atoms with Crippen LogP contribution in [0.15, 0.2) is 18.2 Å². The van der Waals surface area contributed by atoms with Crippen molar-refractivity contribution in [3.63, 3.8) is 0 Å². The molecule has 20 heavy (non-hydrogen) atoms. The molecule has 0 radical (unpaired) electrons. The highest BCUT2D eigenvalue weighted by molar-refractivity contribution is 5.97. The molecular weight excluding hydrogens is 258 g/mol. The summed E-state index contributed by atoms with van der Waals surface area (Å²) in [6.45, 7) is 6.12. The van der Waals surface area contributed by atoms with Crippen LogP contribution in [0.1, 0.15) is 31.1 Å². The van der Waals surface area contributed by atoms with E-state index in [4.69, 9.17) is 10.5 Å². The zero-order valence-electron chi connectivity index (χ0n) is 12.0. The Labute approximate surface area is 118 Å². The molecule has 0 aromatic heterocycles. The van der Waals surface area contributed by atoms with E-state index in [1.165, 1.54) is 6.07 Å². The molecule has 0 heterocycles. The molecule has 0 saturated heterocycles. The molecule has 0 spiro atoms. The van der Waals surface area contributed by atoms with E-state index in [9.17, 15) is 9.59 Å². The summed E-state index contributed by atoms with van der Waals surface area (Å²) in [7, 11) is 0. The quantitative estimate of drug-likeness (QED) is 0.540. The van der Waals surface area contributed by atoms with Gasteiger partial charge in [0.2, 0.25) is 5.91 Å². The molecule has 1 aromatic carbocycles. The van der Waals surface area contributed by atoms with Crippen LogP contribution in [0, 0.1) is 0 Å². The zero-order valence-corrected chi connectivity index (χ0v) is 12.0. The van der Waals surface area contributed by atoms with Crippen LogP contribution in [0.4, 0.5) is 11.4 Å². The smallest absolute Gasteiger partial charge is 0.340 e. The Morgan fingerprint density at radius 1 is 1.35 bits per heavy atom. The van der Waals surface area contributed by atoms with E-state index in [0.717, 1.165) is 0 Å². The summed E-state index contributed by atoms with van der Waals surface area (Å²) in [5.41, 5.74) is 6.99. The summed E-state index contributed by atoms with van der Waals surface area (Å²) in [5.74, 6) is -0.607. The molecule has 1 rings (SSSR count). The molecule has 0 bridgehead atoms. The number of carbonyl (C=O) groups is 2. The number of likely N-dealkylation sites (N-methyl/N-ethyl adjacent to an activating group) is 1. The molecule has 1 amide bonds. The monoisotopic (exact) mass is 279 g/mol.